The van der Waals surface area contributed by atoms with Crippen LogP contribution in [0.2, 0.25) is 5.02 Å². The van der Waals surface area contributed by atoms with Gasteiger partial charge in [-0.3, -0.25) is 0 Å². The van der Waals surface area contributed by atoms with E-state index in [1.54, 1.807) is 12.1 Å². The van der Waals surface area contributed by atoms with E-state index in [0.717, 1.165) is 5.56 Å². The summed E-state index contributed by atoms with van der Waals surface area (Å²) in [5.41, 5.74) is 0.885. The second-order valence-electron chi connectivity index (χ2n) is 3.90. The zero-order chi connectivity index (χ0) is 11.8. The zero-order valence-electron chi connectivity index (χ0n) is 8.87. The monoisotopic (exact) mass is 300 g/mol. The van der Waals surface area contributed by atoms with Gasteiger partial charge in [0, 0.05) is 10.6 Å². The summed E-state index contributed by atoms with van der Waals surface area (Å²) in [7, 11) is 0. The van der Waals surface area contributed by atoms with E-state index in [9.17, 15) is 0 Å². The summed E-state index contributed by atoms with van der Waals surface area (Å²) in [6, 6.07) is 7.31. The maximum absolute atomic E-state index is 5.81. The van der Waals surface area contributed by atoms with Crippen molar-refractivity contribution < 1.29 is 4.52 Å². The minimum absolute atomic E-state index is 0.315. The molecule has 0 saturated heterocycles. The molecule has 0 N–H and O–H groups in total. The number of benzene rings is 1. The summed E-state index contributed by atoms with van der Waals surface area (Å²) in [6.07, 6.45) is 0. The quantitative estimate of drug-likeness (QED) is 0.786. The molecule has 0 aliphatic heterocycles. The summed E-state index contributed by atoms with van der Waals surface area (Å²) < 4.78 is 4.86. The highest BCUT2D eigenvalue weighted by molar-refractivity contribution is 9.09. The molecule has 5 heteroatoms. The number of rotatable bonds is 2. The van der Waals surface area contributed by atoms with E-state index < -0.39 is 0 Å². The van der Waals surface area contributed by atoms with E-state index in [0.29, 0.717) is 16.7 Å². The Morgan fingerprint density at radius 2 is 1.88 bits per heavy atom. The molecule has 16 heavy (non-hydrogen) atoms. The summed E-state index contributed by atoms with van der Waals surface area (Å²) in [6.45, 7) is 3.90. The summed E-state index contributed by atoms with van der Waals surface area (Å²) >= 11 is 9.27. The lowest BCUT2D eigenvalue weighted by Crippen LogP contribution is -2.06. The van der Waals surface area contributed by atoms with Crippen molar-refractivity contribution >= 4 is 27.5 Å². The third kappa shape index (κ3) is 2.44. The molecule has 1 aromatic carbocycles. The lowest BCUT2D eigenvalue weighted by molar-refractivity contribution is 0.357. The number of aromatic nitrogens is 2. The second kappa shape index (κ2) is 4.18. The van der Waals surface area contributed by atoms with Crippen LogP contribution in [-0.4, -0.2) is 10.1 Å². The number of nitrogens with zero attached hydrogens (tertiary/aromatic N) is 2. The molecule has 0 fully saturated rings. The van der Waals surface area contributed by atoms with Crippen molar-refractivity contribution in [2.75, 3.05) is 0 Å². The Balaban J connectivity index is 2.35. The molecule has 0 aliphatic carbocycles. The molecule has 84 valence electrons. The standard InChI is InChI=1S/C11H10BrClN2O/c1-11(2,12)10-14-9(15-16-10)7-3-5-8(13)6-4-7/h3-6H,1-2H3. The predicted molar refractivity (Wildman–Crippen MR) is 66.7 cm³/mol. The predicted octanol–water partition coefficient (Wildman–Crippen LogP) is 4.02. The smallest absolute Gasteiger partial charge is 0.243 e. The molecule has 0 atom stereocenters. The van der Waals surface area contributed by atoms with Crippen molar-refractivity contribution in [3.63, 3.8) is 0 Å². The van der Waals surface area contributed by atoms with E-state index in [2.05, 4.69) is 26.1 Å². The second-order valence-corrected chi connectivity index (χ2v) is 6.32. The Kier molecular flexibility index (Phi) is 3.04. The van der Waals surface area contributed by atoms with Crippen LogP contribution in [0.4, 0.5) is 0 Å². The van der Waals surface area contributed by atoms with Crippen LogP contribution >= 0.6 is 27.5 Å². The Labute approximate surface area is 107 Å². The van der Waals surface area contributed by atoms with Crippen molar-refractivity contribution in [1.29, 1.82) is 0 Å². The van der Waals surface area contributed by atoms with Gasteiger partial charge in [-0.05, 0) is 38.1 Å². The summed E-state index contributed by atoms with van der Waals surface area (Å²) in [4.78, 5) is 4.31. The van der Waals surface area contributed by atoms with Crippen LogP contribution < -0.4 is 0 Å². The van der Waals surface area contributed by atoms with Crippen molar-refractivity contribution in [3.05, 3.63) is 35.2 Å². The van der Waals surface area contributed by atoms with Gasteiger partial charge in [0.05, 0.1) is 4.32 Å². The third-order valence-electron chi connectivity index (χ3n) is 2.04. The fraction of sp³-hybridized carbons (Fsp3) is 0.273. The SMILES string of the molecule is CC(C)(Br)c1nc(-c2ccc(Cl)cc2)no1. The Hall–Kier alpha value is -0.870. The van der Waals surface area contributed by atoms with Gasteiger partial charge in [-0.1, -0.05) is 32.7 Å². The van der Waals surface area contributed by atoms with Crippen molar-refractivity contribution in [1.82, 2.24) is 10.1 Å². The van der Waals surface area contributed by atoms with Crippen LogP contribution in [0.25, 0.3) is 11.4 Å². The summed E-state index contributed by atoms with van der Waals surface area (Å²) in [5.74, 6) is 1.12. The van der Waals surface area contributed by atoms with Crippen LogP contribution in [0, 0.1) is 0 Å². The van der Waals surface area contributed by atoms with Crippen LogP contribution in [0.15, 0.2) is 28.8 Å². The lowest BCUT2D eigenvalue weighted by Gasteiger charge is -2.07. The maximum Gasteiger partial charge on any atom is 0.243 e. The van der Waals surface area contributed by atoms with Crippen molar-refractivity contribution in [3.8, 4) is 11.4 Å². The first-order valence-corrected chi connectivity index (χ1v) is 5.93. The van der Waals surface area contributed by atoms with Crippen LogP contribution in [0.3, 0.4) is 0 Å². The highest BCUT2D eigenvalue weighted by Gasteiger charge is 2.24. The van der Waals surface area contributed by atoms with Gasteiger partial charge < -0.3 is 4.52 Å². The number of hydrogen-bond donors (Lipinski definition) is 0. The first-order valence-electron chi connectivity index (χ1n) is 4.76. The number of alkyl halides is 1. The molecule has 0 aliphatic rings. The first-order chi connectivity index (χ1) is 7.47. The van der Waals surface area contributed by atoms with E-state index >= 15 is 0 Å². The van der Waals surface area contributed by atoms with Gasteiger partial charge >= 0.3 is 0 Å². The van der Waals surface area contributed by atoms with Crippen LogP contribution in [-0.2, 0) is 4.32 Å². The minimum Gasteiger partial charge on any atom is -0.337 e. The maximum atomic E-state index is 5.81. The van der Waals surface area contributed by atoms with Gasteiger partial charge in [-0.25, -0.2) is 0 Å². The van der Waals surface area contributed by atoms with Gasteiger partial charge in [0.25, 0.3) is 0 Å². The van der Waals surface area contributed by atoms with Crippen LogP contribution in [0.5, 0.6) is 0 Å². The molecule has 0 unspecified atom stereocenters. The molecule has 2 aromatic rings. The van der Waals surface area contributed by atoms with Gasteiger partial charge in [0.1, 0.15) is 0 Å². The Bertz CT molecular complexity index is 487. The van der Waals surface area contributed by atoms with Gasteiger partial charge in [0.15, 0.2) is 0 Å². The fourth-order valence-corrected chi connectivity index (χ4v) is 1.47. The molecule has 0 saturated carbocycles. The molecule has 0 amide bonds. The van der Waals surface area contributed by atoms with Gasteiger partial charge in [0.2, 0.25) is 11.7 Å². The molecular formula is C11H10BrClN2O. The minimum atomic E-state index is -0.315. The van der Waals surface area contributed by atoms with E-state index in [1.165, 1.54) is 0 Å². The Morgan fingerprint density at radius 3 is 2.38 bits per heavy atom. The van der Waals surface area contributed by atoms with Crippen LogP contribution in [0.1, 0.15) is 19.7 Å². The molecule has 1 aromatic heterocycles. The molecule has 2 rings (SSSR count). The molecular weight excluding hydrogens is 291 g/mol. The van der Waals surface area contributed by atoms with Gasteiger partial charge in [-0.15, -0.1) is 0 Å². The van der Waals surface area contributed by atoms with E-state index in [4.69, 9.17) is 16.1 Å². The zero-order valence-corrected chi connectivity index (χ0v) is 11.2. The molecule has 0 radical (unpaired) electrons. The number of hydrogen-bond acceptors (Lipinski definition) is 3. The molecule has 1 heterocycles. The highest BCUT2D eigenvalue weighted by atomic mass is 79.9. The van der Waals surface area contributed by atoms with E-state index in [1.807, 2.05) is 26.0 Å². The third-order valence-corrected chi connectivity index (χ3v) is 2.63. The van der Waals surface area contributed by atoms with Crippen molar-refractivity contribution in [2.45, 2.75) is 18.2 Å². The normalized spacial score (nSPS) is 11.8. The largest absolute Gasteiger partial charge is 0.337 e. The average molecular weight is 302 g/mol. The molecule has 0 spiro atoms. The van der Waals surface area contributed by atoms with Gasteiger partial charge in [-0.2, -0.15) is 4.98 Å². The lowest BCUT2D eigenvalue weighted by atomic mass is 10.2. The topological polar surface area (TPSA) is 38.9 Å². The van der Waals surface area contributed by atoms with E-state index in [-0.39, 0.29) is 4.32 Å². The number of halogens is 2. The molecule has 0 bridgehead atoms. The molecule has 3 nitrogen and oxygen atoms in total. The average Bonchev–Trinajstić information content (AvgIpc) is 2.67. The fourth-order valence-electron chi connectivity index (χ4n) is 1.18. The first kappa shape index (κ1) is 11.6. The Morgan fingerprint density at radius 1 is 1.25 bits per heavy atom. The summed E-state index contributed by atoms with van der Waals surface area (Å²) in [5, 5.41) is 4.61. The highest BCUT2D eigenvalue weighted by Crippen LogP contribution is 2.30. The van der Waals surface area contributed by atoms with Crippen molar-refractivity contribution in [2.24, 2.45) is 0 Å².